The first-order chi connectivity index (χ1) is 12.6. The van der Waals surface area contributed by atoms with E-state index in [0.29, 0.717) is 24.6 Å². The number of piperidine rings is 1. The van der Waals surface area contributed by atoms with Gasteiger partial charge < -0.3 is 14.6 Å². The number of unbranched alkanes of at least 4 members (excludes halogenated alkanes) is 1. The number of aromatic nitrogens is 2. The highest BCUT2D eigenvalue weighted by Gasteiger charge is 2.30. The Bertz CT molecular complexity index is 721. The molecule has 6 heteroatoms. The lowest BCUT2D eigenvalue weighted by molar-refractivity contribution is -0.141. The maximum Gasteiger partial charge on any atom is 0.256 e. The maximum atomic E-state index is 13.0. The van der Waals surface area contributed by atoms with Gasteiger partial charge in [0.25, 0.3) is 5.91 Å². The van der Waals surface area contributed by atoms with E-state index < -0.39 is 6.10 Å². The molecule has 1 unspecified atom stereocenters. The number of aryl methyl sites for hydroxylation is 1. The molecule has 2 aromatic rings. The lowest BCUT2D eigenvalue weighted by Crippen LogP contribution is -2.41. The molecule has 0 radical (unpaired) electrons. The summed E-state index contributed by atoms with van der Waals surface area (Å²) < 4.78 is 15.2. The molecule has 1 aromatic heterocycles. The predicted molar refractivity (Wildman–Crippen MR) is 97.0 cm³/mol. The van der Waals surface area contributed by atoms with E-state index >= 15 is 0 Å². The van der Waals surface area contributed by atoms with E-state index in [4.69, 9.17) is 0 Å². The van der Waals surface area contributed by atoms with E-state index in [9.17, 15) is 14.3 Å². The Morgan fingerprint density at radius 2 is 2.00 bits per heavy atom. The van der Waals surface area contributed by atoms with Crippen LogP contribution < -0.4 is 0 Å². The number of hydrogen-bond acceptors (Lipinski definition) is 3. The maximum absolute atomic E-state index is 13.0. The third-order valence-corrected chi connectivity index (χ3v) is 5.09. The Balaban J connectivity index is 1.59. The molecule has 1 aromatic carbocycles. The summed E-state index contributed by atoms with van der Waals surface area (Å²) in [6.45, 7) is 4.35. The van der Waals surface area contributed by atoms with Gasteiger partial charge in [0, 0.05) is 37.9 Å². The number of carbonyl (C=O) groups excluding carboxylic acids is 1. The predicted octanol–water partition coefficient (Wildman–Crippen LogP) is 3.26. The van der Waals surface area contributed by atoms with Crippen molar-refractivity contribution < 1.29 is 14.3 Å². The molecule has 1 aliphatic heterocycles. The van der Waals surface area contributed by atoms with Crippen LogP contribution in [0.5, 0.6) is 0 Å². The summed E-state index contributed by atoms with van der Waals surface area (Å²) in [4.78, 5) is 18.8. The van der Waals surface area contributed by atoms with Crippen LogP contribution >= 0.6 is 0 Å². The topological polar surface area (TPSA) is 58.4 Å². The number of rotatable bonds is 6. The minimum absolute atomic E-state index is 0.315. The molecule has 1 atom stereocenters. The van der Waals surface area contributed by atoms with Crippen molar-refractivity contribution in [2.45, 2.75) is 51.2 Å². The fourth-order valence-corrected chi connectivity index (χ4v) is 3.52. The summed E-state index contributed by atoms with van der Waals surface area (Å²) in [6.07, 6.45) is 6.59. The SMILES string of the molecule is CCCCn1ccnc1C1CCN(C(=O)C(O)c2ccc(F)cc2)CC1. The number of halogens is 1. The van der Waals surface area contributed by atoms with Crippen molar-refractivity contribution >= 4 is 5.91 Å². The van der Waals surface area contributed by atoms with Crippen molar-refractivity contribution in [2.24, 2.45) is 0 Å². The number of aliphatic hydroxyl groups is 1. The van der Waals surface area contributed by atoms with Gasteiger partial charge in [-0.3, -0.25) is 4.79 Å². The van der Waals surface area contributed by atoms with Crippen LogP contribution in [-0.4, -0.2) is 38.6 Å². The number of amides is 1. The molecule has 1 aliphatic rings. The number of benzene rings is 1. The third-order valence-electron chi connectivity index (χ3n) is 5.09. The summed E-state index contributed by atoms with van der Waals surface area (Å²) in [5, 5.41) is 10.3. The monoisotopic (exact) mass is 359 g/mol. The normalized spacial score (nSPS) is 16.7. The number of hydrogen-bond donors (Lipinski definition) is 1. The summed E-state index contributed by atoms with van der Waals surface area (Å²) in [6, 6.07) is 5.42. The van der Waals surface area contributed by atoms with E-state index in [1.165, 1.54) is 24.3 Å². The van der Waals surface area contributed by atoms with Crippen molar-refractivity contribution in [1.82, 2.24) is 14.5 Å². The molecule has 1 N–H and O–H groups in total. The number of carbonyl (C=O) groups is 1. The Morgan fingerprint density at radius 1 is 1.31 bits per heavy atom. The molecule has 26 heavy (non-hydrogen) atoms. The average Bonchev–Trinajstić information content (AvgIpc) is 3.14. The standard InChI is InChI=1S/C20H26FN3O2/c1-2-3-11-23-14-10-22-19(23)16-8-12-24(13-9-16)20(26)18(25)15-4-6-17(21)7-5-15/h4-7,10,14,16,18,25H,2-3,8-9,11-13H2,1H3. The summed E-state index contributed by atoms with van der Waals surface area (Å²) in [5.41, 5.74) is 0.425. The highest BCUT2D eigenvalue weighted by molar-refractivity contribution is 5.82. The van der Waals surface area contributed by atoms with Crippen LogP contribution in [0.1, 0.15) is 56.0 Å². The van der Waals surface area contributed by atoms with E-state index in [0.717, 1.165) is 38.1 Å². The molecule has 0 spiro atoms. The van der Waals surface area contributed by atoms with Crippen molar-refractivity contribution in [2.75, 3.05) is 13.1 Å². The zero-order valence-electron chi connectivity index (χ0n) is 15.1. The fourth-order valence-electron chi connectivity index (χ4n) is 3.52. The first-order valence-electron chi connectivity index (χ1n) is 9.33. The first kappa shape index (κ1) is 18.6. The zero-order chi connectivity index (χ0) is 18.5. The van der Waals surface area contributed by atoms with Gasteiger partial charge in [-0.1, -0.05) is 25.5 Å². The fraction of sp³-hybridized carbons (Fsp3) is 0.500. The van der Waals surface area contributed by atoms with Crippen molar-refractivity contribution in [3.8, 4) is 0 Å². The highest BCUT2D eigenvalue weighted by Crippen LogP contribution is 2.28. The average molecular weight is 359 g/mol. The largest absolute Gasteiger partial charge is 0.378 e. The van der Waals surface area contributed by atoms with E-state index in [2.05, 4.69) is 16.5 Å². The van der Waals surface area contributed by atoms with Crippen LogP contribution in [0.2, 0.25) is 0 Å². The van der Waals surface area contributed by atoms with Gasteiger partial charge in [0.05, 0.1) is 0 Å². The molecule has 0 aliphatic carbocycles. The second-order valence-corrected chi connectivity index (χ2v) is 6.89. The number of imidazole rings is 1. The smallest absolute Gasteiger partial charge is 0.256 e. The molecular weight excluding hydrogens is 333 g/mol. The Hall–Kier alpha value is -2.21. The van der Waals surface area contributed by atoms with Crippen LogP contribution in [0, 0.1) is 5.82 Å². The van der Waals surface area contributed by atoms with Gasteiger partial charge in [0.2, 0.25) is 0 Å². The van der Waals surface area contributed by atoms with E-state index in [1.807, 2.05) is 12.4 Å². The summed E-state index contributed by atoms with van der Waals surface area (Å²) in [7, 11) is 0. The minimum atomic E-state index is -1.24. The number of likely N-dealkylation sites (tertiary alicyclic amines) is 1. The second-order valence-electron chi connectivity index (χ2n) is 6.89. The van der Waals surface area contributed by atoms with E-state index in [-0.39, 0.29) is 11.7 Å². The van der Waals surface area contributed by atoms with Crippen LogP contribution in [0.4, 0.5) is 4.39 Å². The Labute approximate surface area is 153 Å². The number of aliphatic hydroxyl groups excluding tert-OH is 1. The van der Waals surface area contributed by atoms with Gasteiger partial charge in [0.15, 0.2) is 6.10 Å². The third kappa shape index (κ3) is 4.12. The van der Waals surface area contributed by atoms with Crippen LogP contribution in [-0.2, 0) is 11.3 Å². The van der Waals surface area contributed by atoms with Gasteiger partial charge in [0.1, 0.15) is 11.6 Å². The summed E-state index contributed by atoms with van der Waals surface area (Å²) >= 11 is 0. The van der Waals surface area contributed by atoms with Crippen molar-refractivity contribution in [3.05, 3.63) is 53.9 Å². The van der Waals surface area contributed by atoms with Crippen LogP contribution in [0.25, 0.3) is 0 Å². The van der Waals surface area contributed by atoms with E-state index in [1.54, 1.807) is 4.90 Å². The van der Waals surface area contributed by atoms with Crippen molar-refractivity contribution in [1.29, 1.82) is 0 Å². The molecule has 2 heterocycles. The second kappa shape index (κ2) is 8.45. The van der Waals surface area contributed by atoms with Gasteiger partial charge >= 0.3 is 0 Å². The minimum Gasteiger partial charge on any atom is -0.378 e. The molecular formula is C20H26FN3O2. The molecule has 5 nitrogen and oxygen atoms in total. The van der Waals surface area contributed by atoms with Crippen LogP contribution in [0.15, 0.2) is 36.7 Å². The molecule has 1 saturated heterocycles. The number of nitrogens with zero attached hydrogens (tertiary/aromatic N) is 3. The van der Waals surface area contributed by atoms with Crippen molar-refractivity contribution in [3.63, 3.8) is 0 Å². The Morgan fingerprint density at radius 3 is 2.65 bits per heavy atom. The summed E-state index contributed by atoms with van der Waals surface area (Å²) in [5.74, 6) is 0.746. The van der Waals surface area contributed by atoms with Gasteiger partial charge in [-0.25, -0.2) is 9.37 Å². The first-order valence-corrected chi connectivity index (χ1v) is 9.33. The Kier molecular flexibility index (Phi) is 6.04. The molecule has 0 saturated carbocycles. The lowest BCUT2D eigenvalue weighted by Gasteiger charge is -2.33. The molecule has 3 rings (SSSR count). The molecule has 140 valence electrons. The van der Waals surface area contributed by atoms with Crippen LogP contribution in [0.3, 0.4) is 0 Å². The van der Waals surface area contributed by atoms with Gasteiger partial charge in [-0.15, -0.1) is 0 Å². The van der Waals surface area contributed by atoms with Gasteiger partial charge in [-0.05, 0) is 37.0 Å². The molecule has 1 fully saturated rings. The molecule has 1 amide bonds. The lowest BCUT2D eigenvalue weighted by atomic mass is 9.95. The molecule has 0 bridgehead atoms. The zero-order valence-corrected chi connectivity index (χ0v) is 15.1. The quantitative estimate of drug-likeness (QED) is 0.861. The van der Waals surface area contributed by atoms with Gasteiger partial charge in [-0.2, -0.15) is 0 Å². The highest BCUT2D eigenvalue weighted by atomic mass is 19.1.